The van der Waals surface area contributed by atoms with E-state index in [1.165, 1.54) is 24.3 Å². The predicted octanol–water partition coefficient (Wildman–Crippen LogP) is 3.20. The maximum atomic E-state index is 12.8. The molecule has 1 amide bonds. The summed E-state index contributed by atoms with van der Waals surface area (Å²) in [5.74, 6) is 0.708. The molecule has 1 N–H and O–H groups in total. The van der Waals surface area contributed by atoms with Gasteiger partial charge in [-0.1, -0.05) is 11.2 Å². The fourth-order valence-corrected chi connectivity index (χ4v) is 2.01. The SMILES string of the molecule is Cc1noc(-c2cccc(OCC(=O)Nc3ccc(F)cc3)c2)n1. The summed E-state index contributed by atoms with van der Waals surface area (Å²) in [5.41, 5.74) is 1.20. The fourth-order valence-electron chi connectivity index (χ4n) is 2.01. The van der Waals surface area contributed by atoms with Crippen LogP contribution < -0.4 is 10.1 Å². The quantitative estimate of drug-likeness (QED) is 0.778. The van der Waals surface area contributed by atoms with Crippen LogP contribution in [0.15, 0.2) is 53.1 Å². The number of benzene rings is 2. The van der Waals surface area contributed by atoms with Crippen molar-refractivity contribution in [1.29, 1.82) is 0 Å². The molecule has 3 aromatic rings. The first-order valence-corrected chi connectivity index (χ1v) is 7.19. The fraction of sp³-hybridized carbons (Fsp3) is 0.118. The summed E-state index contributed by atoms with van der Waals surface area (Å²) >= 11 is 0. The number of rotatable bonds is 5. The molecule has 0 bridgehead atoms. The van der Waals surface area contributed by atoms with E-state index in [2.05, 4.69) is 15.5 Å². The number of amides is 1. The zero-order chi connectivity index (χ0) is 16.9. The second kappa shape index (κ2) is 6.91. The van der Waals surface area contributed by atoms with Crippen LogP contribution in [0.3, 0.4) is 0 Å². The minimum absolute atomic E-state index is 0.177. The largest absolute Gasteiger partial charge is 0.484 e. The molecule has 0 aliphatic carbocycles. The Labute approximate surface area is 137 Å². The first-order valence-electron chi connectivity index (χ1n) is 7.19. The molecule has 0 fully saturated rings. The Balaban J connectivity index is 1.60. The van der Waals surface area contributed by atoms with Gasteiger partial charge in [0.2, 0.25) is 0 Å². The van der Waals surface area contributed by atoms with E-state index in [1.807, 2.05) is 0 Å². The summed E-state index contributed by atoms with van der Waals surface area (Å²) in [6.45, 7) is 1.55. The molecule has 6 nitrogen and oxygen atoms in total. The number of nitrogens with one attached hydrogen (secondary N) is 1. The Hall–Kier alpha value is -3.22. The van der Waals surface area contributed by atoms with Gasteiger partial charge in [0, 0.05) is 11.3 Å². The lowest BCUT2D eigenvalue weighted by Gasteiger charge is -2.08. The lowest BCUT2D eigenvalue weighted by atomic mass is 10.2. The molecule has 0 radical (unpaired) electrons. The summed E-state index contributed by atoms with van der Waals surface area (Å²) in [7, 11) is 0. The Kier molecular flexibility index (Phi) is 4.51. The lowest BCUT2D eigenvalue weighted by molar-refractivity contribution is -0.118. The number of hydrogen-bond acceptors (Lipinski definition) is 5. The second-order valence-corrected chi connectivity index (χ2v) is 5.02. The van der Waals surface area contributed by atoms with Gasteiger partial charge in [-0.25, -0.2) is 4.39 Å². The standard InChI is InChI=1S/C17H14FN3O3/c1-11-19-17(24-21-11)12-3-2-4-15(9-12)23-10-16(22)20-14-7-5-13(18)6-8-14/h2-9H,10H2,1H3,(H,20,22). The molecule has 1 aromatic heterocycles. The van der Waals surface area contributed by atoms with Gasteiger partial charge in [-0.15, -0.1) is 0 Å². The Morgan fingerprint density at radius 3 is 2.75 bits per heavy atom. The molecule has 1 heterocycles. The molecule has 7 heteroatoms. The highest BCUT2D eigenvalue weighted by atomic mass is 19.1. The average Bonchev–Trinajstić information content (AvgIpc) is 3.02. The van der Waals surface area contributed by atoms with Crippen LogP contribution in [-0.2, 0) is 4.79 Å². The average molecular weight is 327 g/mol. The normalized spacial score (nSPS) is 10.4. The highest BCUT2D eigenvalue weighted by molar-refractivity contribution is 5.91. The van der Waals surface area contributed by atoms with E-state index < -0.39 is 0 Å². The van der Waals surface area contributed by atoms with Crippen LogP contribution in [0, 0.1) is 12.7 Å². The number of aromatic nitrogens is 2. The van der Waals surface area contributed by atoms with Crippen molar-refractivity contribution < 1.29 is 18.4 Å². The first-order chi connectivity index (χ1) is 11.6. The van der Waals surface area contributed by atoms with Crippen molar-refractivity contribution in [3.8, 4) is 17.2 Å². The van der Waals surface area contributed by atoms with Gasteiger partial charge < -0.3 is 14.6 Å². The van der Waals surface area contributed by atoms with Crippen molar-refractivity contribution in [1.82, 2.24) is 10.1 Å². The van der Waals surface area contributed by atoms with Gasteiger partial charge in [0.05, 0.1) is 0 Å². The van der Waals surface area contributed by atoms with Crippen molar-refractivity contribution in [2.24, 2.45) is 0 Å². The summed E-state index contributed by atoms with van der Waals surface area (Å²) in [6, 6.07) is 12.5. The molecule has 0 unspecified atom stereocenters. The smallest absolute Gasteiger partial charge is 0.262 e. The van der Waals surface area contributed by atoms with Gasteiger partial charge >= 0.3 is 0 Å². The molecule has 24 heavy (non-hydrogen) atoms. The summed E-state index contributed by atoms with van der Waals surface area (Å²) in [6.07, 6.45) is 0. The number of hydrogen-bond donors (Lipinski definition) is 1. The monoisotopic (exact) mass is 327 g/mol. The van der Waals surface area contributed by atoms with Crippen molar-refractivity contribution in [3.63, 3.8) is 0 Å². The van der Waals surface area contributed by atoms with E-state index in [-0.39, 0.29) is 18.3 Å². The second-order valence-electron chi connectivity index (χ2n) is 5.02. The third kappa shape index (κ3) is 3.95. The predicted molar refractivity (Wildman–Crippen MR) is 85.0 cm³/mol. The highest BCUT2D eigenvalue weighted by Gasteiger charge is 2.09. The van der Waals surface area contributed by atoms with Gasteiger partial charge in [0.25, 0.3) is 11.8 Å². The number of carbonyl (C=O) groups excluding carboxylic acids is 1. The number of halogens is 1. The maximum Gasteiger partial charge on any atom is 0.262 e. The van der Waals surface area contributed by atoms with Crippen LogP contribution in [0.1, 0.15) is 5.82 Å². The summed E-state index contributed by atoms with van der Waals surface area (Å²) in [4.78, 5) is 16.0. The molecule has 0 saturated heterocycles. The Morgan fingerprint density at radius 2 is 2.04 bits per heavy atom. The van der Waals surface area contributed by atoms with Crippen molar-refractivity contribution in [3.05, 3.63) is 60.2 Å². The molecule has 122 valence electrons. The van der Waals surface area contributed by atoms with Gasteiger partial charge in [-0.2, -0.15) is 4.98 Å². The zero-order valence-electron chi connectivity index (χ0n) is 12.8. The van der Waals surface area contributed by atoms with Gasteiger partial charge in [-0.3, -0.25) is 4.79 Å². The number of anilines is 1. The molecule has 0 spiro atoms. The minimum Gasteiger partial charge on any atom is -0.484 e. The molecule has 0 aliphatic heterocycles. The third-order valence-corrected chi connectivity index (χ3v) is 3.11. The van der Waals surface area contributed by atoms with Crippen LogP contribution in [-0.4, -0.2) is 22.7 Å². The molecule has 0 aliphatic rings. The van der Waals surface area contributed by atoms with E-state index in [4.69, 9.17) is 9.26 Å². The highest BCUT2D eigenvalue weighted by Crippen LogP contribution is 2.22. The molecular formula is C17H14FN3O3. The lowest BCUT2D eigenvalue weighted by Crippen LogP contribution is -2.20. The van der Waals surface area contributed by atoms with Gasteiger partial charge in [-0.05, 0) is 49.4 Å². The van der Waals surface area contributed by atoms with Crippen LogP contribution in [0.5, 0.6) is 5.75 Å². The van der Waals surface area contributed by atoms with Gasteiger partial charge in [0.1, 0.15) is 11.6 Å². The van der Waals surface area contributed by atoms with E-state index in [0.717, 1.165) is 0 Å². The minimum atomic E-state index is -0.364. The zero-order valence-corrected chi connectivity index (χ0v) is 12.8. The Bertz CT molecular complexity index is 846. The van der Waals surface area contributed by atoms with Crippen LogP contribution >= 0.6 is 0 Å². The van der Waals surface area contributed by atoms with Crippen molar-refractivity contribution in [2.45, 2.75) is 6.92 Å². The topological polar surface area (TPSA) is 77.2 Å². The van der Waals surface area contributed by atoms with Gasteiger partial charge in [0.15, 0.2) is 12.4 Å². The van der Waals surface area contributed by atoms with Crippen LogP contribution in [0.25, 0.3) is 11.5 Å². The van der Waals surface area contributed by atoms with Crippen LogP contribution in [0.4, 0.5) is 10.1 Å². The molecular weight excluding hydrogens is 313 g/mol. The summed E-state index contributed by atoms with van der Waals surface area (Å²) in [5, 5.41) is 6.35. The molecule has 0 saturated carbocycles. The number of nitrogens with zero attached hydrogens (tertiary/aromatic N) is 2. The first kappa shape index (κ1) is 15.7. The molecule has 3 rings (SSSR count). The number of carbonyl (C=O) groups is 1. The third-order valence-electron chi connectivity index (χ3n) is 3.11. The number of aryl methyl sites for hydroxylation is 1. The van der Waals surface area contributed by atoms with E-state index >= 15 is 0 Å². The maximum absolute atomic E-state index is 12.8. The van der Waals surface area contributed by atoms with E-state index in [9.17, 15) is 9.18 Å². The molecule has 2 aromatic carbocycles. The van der Waals surface area contributed by atoms with E-state index in [1.54, 1.807) is 31.2 Å². The van der Waals surface area contributed by atoms with E-state index in [0.29, 0.717) is 28.7 Å². The number of ether oxygens (including phenoxy) is 1. The van der Waals surface area contributed by atoms with Crippen LogP contribution in [0.2, 0.25) is 0 Å². The Morgan fingerprint density at radius 1 is 1.25 bits per heavy atom. The van der Waals surface area contributed by atoms with Crippen molar-refractivity contribution in [2.75, 3.05) is 11.9 Å². The summed E-state index contributed by atoms with van der Waals surface area (Å²) < 4.78 is 23.4. The molecule has 0 atom stereocenters. The van der Waals surface area contributed by atoms with Crippen molar-refractivity contribution >= 4 is 11.6 Å².